The standard InChI is InChI=1S/C15H18N2O2/c1-9-2-4-10(5-3-9)14-16-12-7-6-11(15(18)19)8-13(12)17-14/h6-10H,2-5H2,1H3,(H,16,17)(H,18,19). The van der Waals surface area contributed by atoms with Gasteiger partial charge in [-0.2, -0.15) is 0 Å². The van der Waals surface area contributed by atoms with Gasteiger partial charge in [0, 0.05) is 5.92 Å². The number of hydrogen-bond donors (Lipinski definition) is 2. The lowest BCUT2D eigenvalue weighted by molar-refractivity contribution is 0.0697. The maximum atomic E-state index is 11.0. The Bertz CT molecular complexity index is 610. The van der Waals surface area contributed by atoms with Gasteiger partial charge in [-0.05, 0) is 37.0 Å². The Morgan fingerprint density at radius 2 is 2.05 bits per heavy atom. The SMILES string of the molecule is CC1CCC(c2nc3ccc(C(=O)O)cc3[nH]2)CC1. The number of aromatic amines is 1. The van der Waals surface area contributed by atoms with E-state index in [0.29, 0.717) is 11.5 Å². The number of carboxylic acid groups (broad SMARTS) is 1. The van der Waals surface area contributed by atoms with Gasteiger partial charge in [0.2, 0.25) is 0 Å². The average Bonchev–Trinajstić information content (AvgIpc) is 2.82. The zero-order valence-corrected chi connectivity index (χ0v) is 11.0. The van der Waals surface area contributed by atoms with Crippen LogP contribution in [0.3, 0.4) is 0 Å². The molecule has 0 spiro atoms. The number of fused-ring (bicyclic) bond motifs is 1. The van der Waals surface area contributed by atoms with E-state index in [1.807, 2.05) is 0 Å². The second-order valence-corrected chi connectivity index (χ2v) is 5.62. The molecule has 2 N–H and O–H groups in total. The smallest absolute Gasteiger partial charge is 0.335 e. The lowest BCUT2D eigenvalue weighted by Crippen LogP contribution is -2.11. The molecule has 0 aliphatic heterocycles. The number of carbonyl (C=O) groups is 1. The van der Waals surface area contributed by atoms with E-state index in [-0.39, 0.29) is 0 Å². The molecule has 1 fully saturated rings. The van der Waals surface area contributed by atoms with Crippen molar-refractivity contribution in [1.82, 2.24) is 9.97 Å². The first kappa shape index (κ1) is 12.2. The van der Waals surface area contributed by atoms with Crippen molar-refractivity contribution in [3.63, 3.8) is 0 Å². The summed E-state index contributed by atoms with van der Waals surface area (Å²) in [6.45, 7) is 2.30. The molecule has 1 aromatic carbocycles. The van der Waals surface area contributed by atoms with Gasteiger partial charge < -0.3 is 10.1 Å². The topological polar surface area (TPSA) is 66.0 Å². The Kier molecular flexibility index (Phi) is 3.01. The number of nitrogens with one attached hydrogen (secondary N) is 1. The Balaban J connectivity index is 1.91. The predicted molar refractivity (Wildman–Crippen MR) is 73.4 cm³/mol. The number of benzene rings is 1. The summed E-state index contributed by atoms with van der Waals surface area (Å²) < 4.78 is 0. The Morgan fingerprint density at radius 1 is 1.32 bits per heavy atom. The molecule has 4 nitrogen and oxygen atoms in total. The summed E-state index contributed by atoms with van der Waals surface area (Å²) in [5.41, 5.74) is 1.99. The molecule has 2 aromatic rings. The molecule has 0 radical (unpaired) electrons. The minimum absolute atomic E-state index is 0.306. The first-order chi connectivity index (χ1) is 9.13. The molecule has 0 atom stereocenters. The van der Waals surface area contributed by atoms with Gasteiger partial charge in [-0.15, -0.1) is 0 Å². The van der Waals surface area contributed by atoms with Gasteiger partial charge in [-0.1, -0.05) is 19.8 Å². The van der Waals surface area contributed by atoms with Gasteiger partial charge in [0.25, 0.3) is 0 Å². The highest BCUT2D eigenvalue weighted by Gasteiger charge is 2.22. The number of hydrogen-bond acceptors (Lipinski definition) is 2. The quantitative estimate of drug-likeness (QED) is 0.865. The highest BCUT2D eigenvalue weighted by atomic mass is 16.4. The van der Waals surface area contributed by atoms with Crippen LogP contribution in [0.5, 0.6) is 0 Å². The fraction of sp³-hybridized carbons (Fsp3) is 0.467. The number of H-pyrrole nitrogens is 1. The van der Waals surface area contributed by atoms with Crippen LogP contribution in [-0.2, 0) is 0 Å². The summed E-state index contributed by atoms with van der Waals surface area (Å²) in [5.74, 6) is 1.44. The second kappa shape index (κ2) is 4.68. The van der Waals surface area contributed by atoms with Crippen LogP contribution in [0, 0.1) is 5.92 Å². The van der Waals surface area contributed by atoms with Gasteiger partial charge >= 0.3 is 5.97 Å². The van der Waals surface area contributed by atoms with E-state index in [1.54, 1.807) is 18.2 Å². The normalized spacial score (nSPS) is 23.6. The van der Waals surface area contributed by atoms with Crippen LogP contribution < -0.4 is 0 Å². The van der Waals surface area contributed by atoms with Crippen molar-refractivity contribution in [2.45, 2.75) is 38.5 Å². The first-order valence-electron chi connectivity index (χ1n) is 6.86. The monoisotopic (exact) mass is 258 g/mol. The van der Waals surface area contributed by atoms with Crippen molar-refractivity contribution < 1.29 is 9.90 Å². The van der Waals surface area contributed by atoms with Gasteiger partial charge in [-0.3, -0.25) is 0 Å². The largest absolute Gasteiger partial charge is 0.478 e. The Morgan fingerprint density at radius 3 is 2.74 bits per heavy atom. The number of carboxylic acids is 1. The zero-order valence-electron chi connectivity index (χ0n) is 11.0. The van der Waals surface area contributed by atoms with E-state index in [0.717, 1.165) is 22.8 Å². The summed E-state index contributed by atoms with van der Waals surface area (Å²) in [4.78, 5) is 18.9. The van der Waals surface area contributed by atoms with Crippen molar-refractivity contribution in [1.29, 1.82) is 0 Å². The van der Waals surface area contributed by atoms with Crippen molar-refractivity contribution in [2.24, 2.45) is 5.92 Å². The predicted octanol–water partition coefficient (Wildman–Crippen LogP) is 3.55. The molecule has 1 saturated carbocycles. The fourth-order valence-corrected chi connectivity index (χ4v) is 2.89. The zero-order chi connectivity index (χ0) is 13.4. The lowest BCUT2D eigenvalue weighted by Gasteiger charge is -2.24. The third-order valence-corrected chi connectivity index (χ3v) is 4.15. The van der Waals surface area contributed by atoms with Crippen LogP contribution in [-0.4, -0.2) is 21.0 Å². The number of nitrogens with zero attached hydrogens (tertiary/aromatic N) is 1. The third kappa shape index (κ3) is 2.35. The number of imidazole rings is 1. The second-order valence-electron chi connectivity index (χ2n) is 5.62. The molecule has 0 amide bonds. The molecule has 0 bridgehead atoms. The lowest BCUT2D eigenvalue weighted by atomic mass is 9.83. The molecule has 19 heavy (non-hydrogen) atoms. The molecule has 1 heterocycles. The minimum atomic E-state index is -0.899. The molecular formula is C15H18N2O2. The van der Waals surface area contributed by atoms with Crippen molar-refractivity contribution in [3.05, 3.63) is 29.6 Å². The Hall–Kier alpha value is -1.84. The number of aromatic carboxylic acids is 1. The number of rotatable bonds is 2. The average molecular weight is 258 g/mol. The first-order valence-corrected chi connectivity index (χ1v) is 6.86. The van der Waals surface area contributed by atoms with Crippen LogP contribution in [0.4, 0.5) is 0 Å². The summed E-state index contributed by atoms with van der Waals surface area (Å²) in [6.07, 6.45) is 4.85. The van der Waals surface area contributed by atoms with E-state index in [4.69, 9.17) is 5.11 Å². The third-order valence-electron chi connectivity index (χ3n) is 4.15. The van der Waals surface area contributed by atoms with Gasteiger partial charge in [-0.25, -0.2) is 9.78 Å². The summed E-state index contributed by atoms with van der Waals surface area (Å²) in [7, 11) is 0. The minimum Gasteiger partial charge on any atom is -0.478 e. The van der Waals surface area contributed by atoms with E-state index in [1.165, 1.54) is 25.7 Å². The van der Waals surface area contributed by atoms with Gasteiger partial charge in [0.1, 0.15) is 5.82 Å². The van der Waals surface area contributed by atoms with Crippen molar-refractivity contribution in [3.8, 4) is 0 Å². The van der Waals surface area contributed by atoms with Crippen molar-refractivity contribution >= 4 is 17.0 Å². The van der Waals surface area contributed by atoms with Gasteiger partial charge in [0.15, 0.2) is 0 Å². The van der Waals surface area contributed by atoms with E-state index >= 15 is 0 Å². The molecule has 0 unspecified atom stereocenters. The molecular weight excluding hydrogens is 240 g/mol. The summed E-state index contributed by atoms with van der Waals surface area (Å²) >= 11 is 0. The van der Waals surface area contributed by atoms with Gasteiger partial charge in [0.05, 0.1) is 16.6 Å². The maximum absolute atomic E-state index is 11.0. The molecule has 0 saturated heterocycles. The van der Waals surface area contributed by atoms with E-state index in [2.05, 4.69) is 16.9 Å². The Labute approximate surface area is 111 Å². The van der Waals surface area contributed by atoms with Crippen LogP contribution in [0.15, 0.2) is 18.2 Å². The summed E-state index contributed by atoms with van der Waals surface area (Å²) in [5, 5.41) is 8.99. The molecule has 1 aromatic heterocycles. The fourth-order valence-electron chi connectivity index (χ4n) is 2.89. The highest BCUT2D eigenvalue weighted by Crippen LogP contribution is 2.34. The highest BCUT2D eigenvalue weighted by molar-refractivity contribution is 5.92. The summed E-state index contributed by atoms with van der Waals surface area (Å²) in [6, 6.07) is 5.06. The molecule has 3 rings (SSSR count). The van der Waals surface area contributed by atoms with Crippen LogP contribution >= 0.6 is 0 Å². The molecule has 100 valence electrons. The molecule has 1 aliphatic rings. The van der Waals surface area contributed by atoms with E-state index in [9.17, 15) is 4.79 Å². The van der Waals surface area contributed by atoms with Crippen molar-refractivity contribution in [2.75, 3.05) is 0 Å². The van der Waals surface area contributed by atoms with Crippen LogP contribution in [0.25, 0.3) is 11.0 Å². The maximum Gasteiger partial charge on any atom is 0.335 e. The van der Waals surface area contributed by atoms with Crippen LogP contribution in [0.2, 0.25) is 0 Å². The van der Waals surface area contributed by atoms with E-state index < -0.39 is 5.97 Å². The molecule has 1 aliphatic carbocycles. The van der Waals surface area contributed by atoms with Crippen LogP contribution in [0.1, 0.15) is 54.7 Å². The molecule has 4 heteroatoms. The number of aromatic nitrogens is 2.